The van der Waals surface area contributed by atoms with Gasteiger partial charge in [0, 0.05) is 39.9 Å². The summed E-state index contributed by atoms with van der Waals surface area (Å²) < 4.78 is 12.2. The minimum Gasteiger partial charge on any atom is -0.438 e. The van der Waals surface area contributed by atoms with E-state index in [9.17, 15) is 0 Å². The van der Waals surface area contributed by atoms with Crippen LogP contribution in [0.3, 0.4) is 0 Å². The molecule has 0 spiro atoms. The number of aromatic nitrogens is 5. The van der Waals surface area contributed by atoms with Gasteiger partial charge in [0.2, 0.25) is 11.4 Å². The van der Waals surface area contributed by atoms with Gasteiger partial charge < -0.3 is 8.83 Å². The highest BCUT2D eigenvalue weighted by Gasteiger charge is 2.19. The fourth-order valence-corrected chi connectivity index (χ4v) is 7.64. The van der Waals surface area contributed by atoms with E-state index in [0.29, 0.717) is 28.9 Å². The highest BCUT2D eigenvalue weighted by atomic mass is 16.3. The Kier molecular flexibility index (Phi) is 6.72. The Morgan fingerprint density at radius 2 is 0.796 bits per heavy atom. The average molecular weight is 694 g/mol. The van der Waals surface area contributed by atoms with Crippen molar-refractivity contribution in [2.24, 2.45) is 0 Å². The molecule has 7 heteroatoms. The summed E-state index contributed by atoms with van der Waals surface area (Å²) in [5, 5.41) is 6.24. The molecule has 11 aromatic rings. The largest absolute Gasteiger partial charge is 0.438 e. The van der Waals surface area contributed by atoms with Gasteiger partial charge in [-0.1, -0.05) is 127 Å². The zero-order valence-corrected chi connectivity index (χ0v) is 28.6. The number of benzene rings is 6. The number of fused-ring (bicyclic) bond motifs is 7. The van der Waals surface area contributed by atoms with Gasteiger partial charge in [-0.2, -0.15) is 0 Å². The van der Waals surface area contributed by atoms with E-state index in [-0.39, 0.29) is 0 Å². The van der Waals surface area contributed by atoms with Gasteiger partial charge in [0.1, 0.15) is 11.2 Å². The lowest BCUT2D eigenvalue weighted by Gasteiger charge is -2.13. The lowest BCUT2D eigenvalue weighted by atomic mass is 9.91. The van der Waals surface area contributed by atoms with Crippen molar-refractivity contribution in [3.63, 3.8) is 0 Å². The standard InChI is InChI=1S/C47H27N5O2/c1-2-10-29(11-3-1)43-50-44(52-45(51-43)38-25-27-49-47-42(38)37-13-5-7-19-40(37)54-47)30-22-20-28(21-23-30)31-14-8-16-33-32(31)15-9-17-34(33)35-24-26-48-46-41(35)36-12-4-6-18-39(36)53-46/h1-27H. The summed E-state index contributed by atoms with van der Waals surface area (Å²) in [6.07, 6.45) is 3.57. The molecule has 5 aromatic heterocycles. The average Bonchev–Trinajstić information content (AvgIpc) is 3.82. The van der Waals surface area contributed by atoms with E-state index in [0.717, 1.165) is 82.4 Å². The Morgan fingerprint density at radius 1 is 0.315 bits per heavy atom. The summed E-state index contributed by atoms with van der Waals surface area (Å²) in [7, 11) is 0. The van der Waals surface area contributed by atoms with E-state index >= 15 is 0 Å². The van der Waals surface area contributed by atoms with Gasteiger partial charge in [-0.15, -0.1) is 0 Å². The molecule has 11 rings (SSSR count). The van der Waals surface area contributed by atoms with Crippen LogP contribution in [0.25, 0.3) is 111 Å². The number of rotatable bonds is 5. The number of para-hydroxylation sites is 2. The van der Waals surface area contributed by atoms with Gasteiger partial charge in [-0.25, -0.2) is 24.9 Å². The van der Waals surface area contributed by atoms with Crippen LogP contribution in [0.15, 0.2) is 173 Å². The van der Waals surface area contributed by atoms with Crippen molar-refractivity contribution < 1.29 is 8.83 Å². The molecule has 0 aliphatic rings. The second kappa shape index (κ2) is 12.0. The lowest BCUT2D eigenvalue weighted by molar-refractivity contribution is 0.654. The Morgan fingerprint density at radius 3 is 1.46 bits per heavy atom. The Balaban J connectivity index is 1.03. The van der Waals surface area contributed by atoms with E-state index in [4.69, 9.17) is 23.8 Å². The molecule has 0 saturated carbocycles. The van der Waals surface area contributed by atoms with Gasteiger partial charge in [0.05, 0.1) is 10.8 Å². The van der Waals surface area contributed by atoms with Crippen LogP contribution in [0.5, 0.6) is 0 Å². The first-order valence-electron chi connectivity index (χ1n) is 17.7. The molecular formula is C47H27N5O2. The number of hydrogen-bond donors (Lipinski definition) is 0. The number of furan rings is 2. The predicted molar refractivity (Wildman–Crippen MR) is 215 cm³/mol. The van der Waals surface area contributed by atoms with E-state index in [2.05, 4.69) is 82.8 Å². The molecule has 0 bridgehead atoms. The van der Waals surface area contributed by atoms with E-state index < -0.39 is 0 Å². The van der Waals surface area contributed by atoms with Gasteiger partial charge in [-0.05, 0) is 57.3 Å². The van der Waals surface area contributed by atoms with Gasteiger partial charge in [0.25, 0.3) is 0 Å². The summed E-state index contributed by atoms with van der Waals surface area (Å²) >= 11 is 0. The van der Waals surface area contributed by atoms with Crippen LogP contribution in [0.4, 0.5) is 0 Å². The second-order valence-corrected chi connectivity index (χ2v) is 13.2. The maximum Gasteiger partial charge on any atom is 0.228 e. The van der Waals surface area contributed by atoms with Crippen molar-refractivity contribution in [3.05, 3.63) is 164 Å². The summed E-state index contributed by atoms with van der Waals surface area (Å²) in [6, 6.07) is 51.5. The van der Waals surface area contributed by atoms with Crippen molar-refractivity contribution >= 4 is 54.9 Å². The number of pyridine rings is 2. The van der Waals surface area contributed by atoms with Crippen molar-refractivity contribution in [1.82, 2.24) is 24.9 Å². The molecule has 5 heterocycles. The molecule has 6 aromatic carbocycles. The summed E-state index contributed by atoms with van der Waals surface area (Å²) in [6.45, 7) is 0. The van der Waals surface area contributed by atoms with Crippen LogP contribution in [0, 0.1) is 0 Å². The van der Waals surface area contributed by atoms with Crippen LogP contribution in [0.1, 0.15) is 0 Å². The smallest absolute Gasteiger partial charge is 0.228 e. The van der Waals surface area contributed by atoms with E-state index in [1.165, 1.54) is 0 Å². The lowest BCUT2D eigenvalue weighted by Crippen LogP contribution is -2.00. The molecule has 0 saturated heterocycles. The minimum atomic E-state index is 0.547. The number of nitrogens with zero attached hydrogens (tertiary/aromatic N) is 5. The third-order valence-corrected chi connectivity index (χ3v) is 10.1. The van der Waals surface area contributed by atoms with Crippen molar-refractivity contribution in [2.75, 3.05) is 0 Å². The molecule has 0 unspecified atom stereocenters. The van der Waals surface area contributed by atoms with Crippen LogP contribution in [-0.4, -0.2) is 24.9 Å². The Hall–Kier alpha value is -7.51. The molecule has 0 aliphatic carbocycles. The zero-order chi connectivity index (χ0) is 35.6. The van der Waals surface area contributed by atoms with Crippen LogP contribution in [-0.2, 0) is 0 Å². The molecule has 252 valence electrons. The van der Waals surface area contributed by atoms with Gasteiger partial charge in [-0.3, -0.25) is 0 Å². The Bertz CT molecular complexity index is 3220. The topological polar surface area (TPSA) is 90.7 Å². The van der Waals surface area contributed by atoms with Crippen LogP contribution in [0.2, 0.25) is 0 Å². The summed E-state index contributed by atoms with van der Waals surface area (Å²) in [5.74, 6) is 1.73. The third-order valence-electron chi connectivity index (χ3n) is 10.1. The third kappa shape index (κ3) is 4.79. The van der Waals surface area contributed by atoms with Crippen molar-refractivity contribution in [3.8, 4) is 56.4 Å². The zero-order valence-electron chi connectivity index (χ0n) is 28.6. The molecule has 0 fully saturated rings. The fraction of sp³-hybridized carbons (Fsp3) is 0. The number of hydrogen-bond acceptors (Lipinski definition) is 7. The van der Waals surface area contributed by atoms with Crippen molar-refractivity contribution in [1.29, 1.82) is 0 Å². The molecule has 0 amide bonds. The summed E-state index contributed by atoms with van der Waals surface area (Å²) in [5.41, 5.74) is 9.87. The molecule has 7 nitrogen and oxygen atoms in total. The Labute approximate surface area is 308 Å². The highest BCUT2D eigenvalue weighted by Crippen LogP contribution is 2.41. The minimum absolute atomic E-state index is 0.547. The van der Waals surface area contributed by atoms with Gasteiger partial charge >= 0.3 is 0 Å². The normalized spacial score (nSPS) is 11.7. The first-order valence-corrected chi connectivity index (χ1v) is 17.7. The predicted octanol–water partition coefficient (Wildman–Crippen LogP) is 11.9. The van der Waals surface area contributed by atoms with Crippen LogP contribution < -0.4 is 0 Å². The maximum absolute atomic E-state index is 6.13. The molecule has 0 atom stereocenters. The molecular weight excluding hydrogens is 667 g/mol. The SMILES string of the molecule is c1ccc(-c2nc(-c3ccc(-c4cccc5c(-c6ccnc7oc8ccccc8c67)cccc45)cc3)nc(-c3ccnc4oc5ccccc5c34)n2)cc1. The monoisotopic (exact) mass is 693 g/mol. The quantitative estimate of drug-likeness (QED) is 0.177. The molecule has 54 heavy (non-hydrogen) atoms. The molecule has 0 radical (unpaired) electrons. The van der Waals surface area contributed by atoms with E-state index in [1.54, 1.807) is 6.20 Å². The maximum atomic E-state index is 6.13. The van der Waals surface area contributed by atoms with Crippen molar-refractivity contribution in [2.45, 2.75) is 0 Å². The summed E-state index contributed by atoms with van der Waals surface area (Å²) in [4.78, 5) is 24.2. The first-order chi connectivity index (χ1) is 26.8. The first kappa shape index (κ1) is 30.1. The molecule has 0 N–H and O–H groups in total. The second-order valence-electron chi connectivity index (χ2n) is 13.2. The molecule has 0 aliphatic heterocycles. The highest BCUT2D eigenvalue weighted by molar-refractivity contribution is 6.15. The van der Waals surface area contributed by atoms with E-state index in [1.807, 2.05) is 85.1 Å². The van der Waals surface area contributed by atoms with Crippen LogP contribution >= 0.6 is 0 Å². The fourth-order valence-electron chi connectivity index (χ4n) is 7.64. The van der Waals surface area contributed by atoms with Gasteiger partial charge in [0.15, 0.2) is 17.5 Å².